The molecule has 300 valence electrons. The number of allylic oxidation sites excluding steroid dienone is 6. The zero-order valence-corrected chi connectivity index (χ0v) is 35.2. The lowest BCUT2D eigenvalue weighted by Gasteiger charge is -2.52. The summed E-state index contributed by atoms with van der Waals surface area (Å²) in [6.07, 6.45) is 16.1. The van der Waals surface area contributed by atoms with Crippen LogP contribution in [0.3, 0.4) is 0 Å². The highest BCUT2D eigenvalue weighted by Crippen LogP contribution is 2.68. The van der Waals surface area contributed by atoms with Gasteiger partial charge < -0.3 is 4.90 Å². The molecule has 0 amide bonds. The van der Waals surface area contributed by atoms with Gasteiger partial charge in [0.1, 0.15) is 0 Å². The normalized spacial score (nSPS) is 21.4. The van der Waals surface area contributed by atoms with Crippen LogP contribution in [0.15, 0.2) is 254 Å². The number of fused-ring (bicyclic) bond motifs is 5. The topological polar surface area (TPSA) is 3.24 Å². The molecule has 1 nitrogen and oxygen atoms in total. The van der Waals surface area contributed by atoms with E-state index < -0.39 is 5.41 Å². The van der Waals surface area contributed by atoms with Crippen molar-refractivity contribution in [1.82, 2.24) is 0 Å². The third kappa shape index (κ3) is 5.69. The van der Waals surface area contributed by atoms with Crippen molar-refractivity contribution in [3.8, 4) is 22.3 Å². The number of benzene rings is 8. The minimum Gasteiger partial charge on any atom is -0.334 e. The SMILES string of the molecule is C1=CCC2C(=C1)c1cccc3c1C2(c1ccccc1)c1ccccc1C3(C1=CC=CC(N(c2ccc(-c3ccccc3)cc2)c2ccc(-c3ccccc3)cc2)C1)c1ccccc1. The summed E-state index contributed by atoms with van der Waals surface area (Å²) in [6.45, 7) is 0. The summed E-state index contributed by atoms with van der Waals surface area (Å²) in [6, 6.07) is 79.3. The molecule has 1 heteroatoms. The highest BCUT2D eigenvalue weighted by atomic mass is 15.2. The molecular formula is C62H47N. The Balaban J connectivity index is 1.06. The van der Waals surface area contributed by atoms with Crippen molar-refractivity contribution in [3.05, 3.63) is 293 Å². The summed E-state index contributed by atoms with van der Waals surface area (Å²) in [5, 5.41) is 0. The third-order valence-corrected chi connectivity index (χ3v) is 14.4. The largest absolute Gasteiger partial charge is 0.334 e. The summed E-state index contributed by atoms with van der Waals surface area (Å²) in [5.74, 6) is 0.289. The van der Waals surface area contributed by atoms with Gasteiger partial charge in [-0.1, -0.05) is 225 Å². The van der Waals surface area contributed by atoms with Crippen LogP contribution in [-0.4, -0.2) is 6.04 Å². The van der Waals surface area contributed by atoms with Crippen LogP contribution in [0.1, 0.15) is 51.8 Å². The van der Waals surface area contributed by atoms with Crippen molar-refractivity contribution in [1.29, 1.82) is 0 Å². The van der Waals surface area contributed by atoms with Crippen LogP contribution in [-0.2, 0) is 10.8 Å². The van der Waals surface area contributed by atoms with Gasteiger partial charge in [0, 0.05) is 17.3 Å². The lowest BCUT2D eigenvalue weighted by molar-refractivity contribution is 0.449. The number of anilines is 2. The standard InChI is InChI=1S/C62H47N/c1-5-19-44(20-6-1)46-35-39-51(40-36-46)63(52-41-37-47(38-42-52)45-21-7-2-8-22-45)53-28-17-27-50(43-53)61(48-23-9-3-10-24-48)57-32-15-16-33-58(57)62(49-25-11-4-12-26-49)56-31-14-13-29-54(56)55-30-18-34-59(61)60(55)62/h1-30,32-42,53,56H,31,43H2. The Hall–Kier alpha value is -7.48. The molecule has 4 atom stereocenters. The van der Waals surface area contributed by atoms with Crippen molar-refractivity contribution in [3.63, 3.8) is 0 Å². The molecule has 0 saturated carbocycles. The van der Waals surface area contributed by atoms with Gasteiger partial charge in [-0.25, -0.2) is 0 Å². The van der Waals surface area contributed by atoms with Crippen LogP contribution in [0.5, 0.6) is 0 Å². The molecule has 8 aromatic rings. The van der Waals surface area contributed by atoms with E-state index in [9.17, 15) is 0 Å². The Morgan fingerprint density at radius 1 is 0.429 bits per heavy atom. The molecule has 4 unspecified atom stereocenters. The first-order chi connectivity index (χ1) is 31.3. The second-order valence-corrected chi connectivity index (χ2v) is 17.4. The first-order valence-electron chi connectivity index (χ1n) is 22.5. The van der Waals surface area contributed by atoms with E-state index in [1.807, 2.05) is 0 Å². The van der Waals surface area contributed by atoms with Crippen LogP contribution in [0.25, 0.3) is 27.8 Å². The molecule has 0 saturated heterocycles. The third-order valence-electron chi connectivity index (χ3n) is 14.4. The molecule has 4 aliphatic rings. The monoisotopic (exact) mass is 805 g/mol. The van der Waals surface area contributed by atoms with Crippen molar-refractivity contribution >= 4 is 16.9 Å². The maximum Gasteiger partial charge on any atom is 0.0671 e. The van der Waals surface area contributed by atoms with Crippen LogP contribution in [0.4, 0.5) is 11.4 Å². The smallest absolute Gasteiger partial charge is 0.0671 e. The average molecular weight is 806 g/mol. The Kier molecular flexibility index (Phi) is 8.97. The quantitative estimate of drug-likeness (QED) is 0.148. The molecule has 4 aliphatic carbocycles. The van der Waals surface area contributed by atoms with E-state index in [-0.39, 0.29) is 17.4 Å². The van der Waals surface area contributed by atoms with E-state index in [4.69, 9.17) is 0 Å². The Morgan fingerprint density at radius 3 is 1.57 bits per heavy atom. The Morgan fingerprint density at radius 2 is 0.952 bits per heavy atom. The van der Waals surface area contributed by atoms with Crippen molar-refractivity contribution in [2.75, 3.05) is 4.90 Å². The van der Waals surface area contributed by atoms with Crippen LogP contribution < -0.4 is 4.90 Å². The van der Waals surface area contributed by atoms with Crippen LogP contribution in [0.2, 0.25) is 0 Å². The summed E-state index contributed by atoms with van der Waals surface area (Å²) in [4.78, 5) is 2.56. The van der Waals surface area contributed by atoms with Gasteiger partial charge in [0.25, 0.3) is 0 Å². The zero-order valence-electron chi connectivity index (χ0n) is 35.2. The fraction of sp³-hybridized carbons (Fsp3) is 0.0968. The predicted octanol–water partition coefficient (Wildman–Crippen LogP) is 15.1. The maximum absolute atomic E-state index is 2.56. The molecule has 0 aliphatic heterocycles. The van der Waals surface area contributed by atoms with Gasteiger partial charge in [0.2, 0.25) is 0 Å². The van der Waals surface area contributed by atoms with Crippen molar-refractivity contribution < 1.29 is 0 Å². The lowest BCUT2D eigenvalue weighted by Crippen LogP contribution is -2.47. The molecule has 8 aromatic carbocycles. The minimum absolute atomic E-state index is 0.0370. The average Bonchev–Trinajstić information content (AvgIpc) is 3.68. The van der Waals surface area contributed by atoms with Crippen LogP contribution in [0, 0.1) is 5.92 Å². The molecule has 0 fully saturated rings. The van der Waals surface area contributed by atoms with Crippen molar-refractivity contribution in [2.45, 2.75) is 29.7 Å². The molecule has 0 heterocycles. The Labute approximate surface area is 371 Å². The molecule has 63 heavy (non-hydrogen) atoms. The molecule has 0 N–H and O–H groups in total. The number of hydrogen-bond donors (Lipinski definition) is 0. The number of hydrogen-bond acceptors (Lipinski definition) is 1. The number of nitrogens with zero attached hydrogens (tertiary/aromatic N) is 1. The molecule has 0 bridgehead atoms. The molecule has 12 rings (SSSR count). The molecule has 0 spiro atoms. The molecule has 0 aromatic heterocycles. The lowest BCUT2D eigenvalue weighted by atomic mass is 9.49. The summed E-state index contributed by atoms with van der Waals surface area (Å²) >= 11 is 0. The van der Waals surface area contributed by atoms with Gasteiger partial charge in [0.05, 0.1) is 16.9 Å². The highest BCUT2D eigenvalue weighted by molar-refractivity contribution is 5.89. The van der Waals surface area contributed by atoms with E-state index >= 15 is 0 Å². The molecule has 0 radical (unpaired) electrons. The fourth-order valence-corrected chi connectivity index (χ4v) is 11.9. The Bertz CT molecular complexity index is 3000. The first kappa shape index (κ1) is 37.3. The second-order valence-electron chi connectivity index (χ2n) is 17.4. The maximum atomic E-state index is 2.56. The van der Waals surface area contributed by atoms with E-state index in [1.165, 1.54) is 83.7 Å². The van der Waals surface area contributed by atoms with Gasteiger partial charge in [0.15, 0.2) is 0 Å². The van der Waals surface area contributed by atoms with E-state index in [0.29, 0.717) is 0 Å². The van der Waals surface area contributed by atoms with E-state index in [0.717, 1.165) is 12.8 Å². The summed E-state index contributed by atoms with van der Waals surface area (Å²) in [5.41, 5.74) is 18.9. The molecular weight excluding hydrogens is 759 g/mol. The van der Waals surface area contributed by atoms with E-state index in [2.05, 4.69) is 254 Å². The van der Waals surface area contributed by atoms with Gasteiger partial charge in [-0.05, 0) is 109 Å². The van der Waals surface area contributed by atoms with Gasteiger partial charge in [-0.15, -0.1) is 0 Å². The predicted molar refractivity (Wildman–Crippen MR) is 262 cm³/mol. The summed E-state index contributed by atoms with van der Waals surface area (Å²) < 4.78 is 0. The van der Waals surface area contributed by atoms with Gasteiger partial charge >= 0.3 is 0 Å². The van der Waals surface area contributed by atoms with E-state index in [1.54, 1.807) is 0 Å². The zero-order chi connectivity index (χ0) is 41.8. The van der Waals surface area contributed by atoms with Crippen molar-refractivity contribution in [2.24, 2.45) is 5.92 Å². The summed E-state index contributed by atoms with van der Waals surface area (Å²) in [7, 11) is 0. The first-order valence-corrected chi connectivity index (χ1v) is 22.5. The van der Waals surface area contributed by atoms with Crippen LogP contribution >= 0.6 is 0 Å². The highest BCUT2D eigenvalue weighted by Gasteiger charge is 2.61. The van der Waals surface area contributed by atoms with Gasteiger partial charge in [-0.3, -0.25) is 0 Å². The second kappa shape index (κ2) is 15.2. The van der Waals surface area contributed by atoms with Gasteiger partial charge in [-0.2, -0.15) is 0 Å². The number of rotatable bonds is 8. The fourth-order valence-electron chi connectivity index (χ4n) is 11.9. The minimum atomic E-state index is -0.550.